The third-order valence-corrected chi connectivity index (χ3v) is 6.95. The van der Waals surface area contributed by atoms with E-state index in [1.165, 1.54) is 0 Å². The van der Waals surface area contributed by atoms with Gasteiger partial charge in [0.15, 0.2) is 0 Å². The lowest BCUT2D eigenvalue weighted by molar-refractivity contribution is 1.31. The Balaban J connectivity index is 1.61. The van der Waals surface area contributed by atoms with Crippen LogP contribution in [0.5, 0.6) is 0 Å². The molecule has 2 N–H and O–H groups in total. The number of nitriles is 2. The number of hydrogen-bond donors (Lipinski definition) is 2. The van der Waals surface area contributed by atoms with Crippen LogP contribution in [0.3, 0.4) is 0 Å². The largest absolute Gasteiger partial charge is 0.355 e. The summed E-state index contributed by atoms with van der Waals surface area (Å²) in [7, 11) is 0. The van der Waals surface area contributed by atoms with E-state index in [1.807, 2.05) is 109 Å². The molecule has 0 saturated carbocycles. The predicted octanol–water partition coefficient (Wildman–Crippen LogP) is 7.73. The van der Waals surface area contributed by atoms with Gasteiger partial charge in [-0.3, -0.25) is 0 Å². The number of hydrogen-bond acceptors (Lipinski definition) is 4. The molecule has 186 valence electrons. The Hall–Kier alpha value is -5.98. The number of rotatable bonds is 2. The molecule has 0 aliphatic carbocycles. The minimum Gasteiger partial charge on any atom is -0.355 e. The van der Waals surface area contributed by atoms with Crippen LogP contribution in [-0.4, -0.2) is 19.9 Å². The molecule has 2 aliphatic rings. The van der Waals surface area contributed by atoms with E-state index in [2.05, 4.69) is 22.1 Å². The van der Waals surface area contributed by atoms with Crippen LogP contribution in [0.15, 0.2) is 84.9 Å². The summed E-state index contributed by atoms with van der Waals surface area (Å²) in [6, 6.07) is 31.7. The van der Waals surface area contributed by atoms with Crippen molar-refractivity contribution in [1.82, 2.24) is 19.9 Å². The van der Waals surface area contributed by atoms with Gasteiger partial charge in [-0.05, 0) is 96.1 Å². The van der Waals surface area contributed by atoms with E-state index < -0.39 is 0 Å². The van der Waals surface area contributed by atoms with Crippen LogP contribution in [0.2, 0.25) is 0 Å². The summed E-state index contributed by atoms with van der Waals surface area (Å²) in [5.74, 6) is 0. The highest BCUT2D eigenvalue weighted by atomic mass is 14.8. The Morgan fingerprint density at radius 2 is 0.875 bits per heavy atom. The molecule has 5 aromatic rings. The maximum absolute atomic E-state index is 9.38. The molecule has 40 heavy (non-hydrogen) atoms. The maximum atomic E-state index is 9.38. The second-order valence-electron chi connectivity index (χ2n) is 9.62. The third-order valence-electron chi connectivity index (χ3n) is 6.95. The number of aromatic amines is 2. The molecular formula is C34H20N6. The molecule has 0 unspecified atom stereocenters. The van der Waals surface area contributed by atoms with E-state index in [4.69, 9.17) is 9.97 Å². The zero-order valence-electron chi connectivity index (χ0n) is 21.2. The number of fused-ring (bicyclic) bond motifs is 8. The Labute approximate surface area is 229 Å². The average Bonchev–Trinajstić information content (AvgIpc) is 3.78. The number of benzene rings is 2. The number of aromatic nitrogens is 4. The van der Waals surface area contributed by atoms with Crippen molar-refractivity contribution in [2.24, 2.45) is 0 Å². The highest BCUT2D eigenvalue weighted by Crippen LogP contribution is 2.40. The first-order valence-electron chi connectivity index (χ1n) is 12.8. The standard InChI is InChI=1S/C34H20N6/c35-19-21-1-5-23(6-2-21)33-31-17-29-13-11-27(38-29)15-25-9-10-26(37-25)16-28-12-14-30(39-28)18-32(40-31)34(33)24-7-3-22(20-36)4-8-24/h1-18,37,40H. The van der Waals surface area contributed by atoms with Crippen LogP contribution in [0.4, 0.5) is 0 Å². The lowest BCUT2D eigenvalue weighted by atomic mass is 9.95. The van der Waals surface area contributed by atoms with E-state index in [9.17, 15) is 10.5 Å². The molecule has 6 nitrogen and oxygen atoms in total. The monoisotopic (exact) mass is 512 g/mol. The van der Waals surface area contributed by atoms with Gasteiger partial charge in [0, 0.05) is 33.2 Å². The van der Waals surface area contributed by atoms with Gasteiger partial charge in [0.2, 0.25) is 0 Å². The summed E-state index contributed by atoms with van der Waals surface area (Å²) in [5, 5.41) is 18.8. The molecule has 8 bridgehead atoms. The highest BCUT2D eigenvalue weighted by molar-refractivity contribution is 6.03. The molecule has 0 amide bonds. The smallest absolute Gasteiger partial charge is 0.0991 e. The second kappa shape index (κ2) is 9.40. The molecular weight excluding hydrogens is 492 g/mol. The molecule has 2 aliphatic heterocycles. The Bertz CT molecular complexity index is 1960. The Morgan fingerprint density at radius 1 is 0.475 bits per heavy atom. The number of nitrogens with one attached hydrogen (secondary N) is 2. The van der Waals surface area contributed by atoms with Gasteiger partial charge in [-0.15, -0.1) is 0 Å². The van der Waals surface area contributed by atoms with Crippen LogP contribution in [0.1, 0.15) is 33.9 Å². The normalized spacial score (nSPS) is 11.8. The molecule has 0 spiro atoms. The van der Waals surface area contributed by atoms with Gasteiger partial charge in [0.05, 0.1) is 46.0 Å². The fraction of sp³-hybridized carbons (Fsp3) is 0. The zero-order chi connectivity index (χ0) is 27.1. The SMILES string of the molecule is N#Cc1ccc(-c2c(-c3ccc(C#N)cc3)c3cc4nc(cc5ccc(cc6nc(cc2[nH]3)C=C6)[nH]5)C=C4)cc1. The van der Waals surface area contributed by atoms with E-state index in [0.29, 0.717) is 11.1 Å². The summed E-state index contributed by atoms with van der Waals surface area (Å²) in [6.07, 6.45) is 7.99. The molecule has 3 aromatic heterocycles. The molecule has 5 heterocycles. The van der Waals surface area contributed by atoms with Crippen LogP contribution in [0, 0.1) is 22.7 Å². The van der Waals surface area contributed by atoms with Crippen molar-refractivity contribution >= 4 is 46.4 Å². The molecule has 7 rings (SSSR count). The van der Waals surface area contributed by atoms with Crippen LogP contribution < -0.4 is 0 Å². The zero-order valence-corrected chi connectivity index (χ0v) is 21.2. The second-order valence-corrected chi connectivity index (χ2v) is 9.62. The van der Waals surface area contributed by atoms with E-state index in [-0.39, 0.29) is 0 Å². The quantitative estimate of drug-likeness (QED) is 0.247. The van der Waals surface area contributed by atoms with Crippen molar-refractivity contribution in [3.05, 3.63) is 119 Å². The number of H-pyrrole nitrogens is 2. The van der Waals surface area contributed by atoms with Gasteiger partial charge in [0.1, 0.15) is 0 Å². The summed E-state index contributed by atoms with van der Waals surface area (Å²) in [4.78, 5) is 16.7. The molecule has 0 fully saturated rings. The van der Waals surface area contributed by atoms with Crippen molar-refractivity contribution in [2.45, 2.75) is 0 Å². The summed E-state index contributed by atoms with van der Waals surface area (Å²) in [5.41, 5.74) is 12.1. The molecule has 0 radical (unpaired) electrons. The van der Waals surface area contributed by atoms with Gasteiger partial charge >= 0.3 is 0 Å². The van der Waals surface area contributed by atoms with Crippen molar-refractivity contribution in [1.29, 1.82) is 10.5 Å². The Morgan fingerprint density at radius 3 is 1.27 bits per heavy atom. The number of nitrogens with zero attached hydrogens (tertiary/aromatic N) is 4. The topological polar surface area (TPSA) is 105 Å². The van der Waals surface area contributed by atoms with Crippen LogP contribution in [0.25, 0.3) is 68.6 Å². The Kier molecular flexibility index (Phi) is 5.44. The lowest BCUT2D eigenvalue weighted by Crippen LogP contribution is -1.84. The van der Waals surface area contributed by atoms with Crippen LogP contribution in [-0.2, 0) is 0 Å². The predicted molar refractivity (Wildman–Crippen MR) is 159 cm³/mol. The summed E-state index contributed by atoms with van der Waals surface area (Å²) >= 11 is 0. The minimum absolute atomic E-state index is 0.594. The molecule has 0 atom stereocenters. The first kappa shape index (κ1) is 23.2. The van der Waals surface area contributed by atoms with Gasteiger partial charge < -0.3 is 9.97 Å². The minimum atomic E-state index is 0.594. The first-order valence-corrected chi connectivity index (χ1v) is 12.8. The van der Waals surface area contributed by atoms with Gasteiger partial charge in [-0.25, -0.2) is 9.97 Å². The van der Waals surface area contributed by atoms with Gasteiger partial charge in [-0.2, -0.15) is 10.5 Å². The lowest BCUT2D eigenvalue weighted by Gasteiger charge is -2.07. The summed E-state index contributed by atoms with van der Waals surface area (Å²) in [6.45, 7) is 0. The van der Waals surface area contributed by atoms with E-state index in [1.54, 1.807) is 0 Å². The fourth-order valence-corrected chi connectivity index (χ4v) is 5.10. The third kappa shape index (κ3) is 4.26. The molecule has 6 heteroatoms. The van der Waals surface area contributed by atoms with Gasteiger partial charge in [0.25, 0.3) is 0 Å². The van der Waals surface area contributed by atoms with Crippen molar-refractivity contribution in [2.75, 3.05) is 0 Å². The summed E-state index contributed by atoms with van der Waals surface area (Å²) < 4.78 is 0. The van der Waals surface area contributed by atoms with E-state index in [0.717, 1.165) is 67.1 Å². The molecule has 0 saturated heterocycles. The van der Waals surface area contributed by atoms with E-state index >= 15 is 0 Å². The first-order chi connectivity index (χ1) is 19.6. The van der Waals surface area contributed by atoms with Crippen molar-refractivity contribution < 1.29 is 0 Å². The fourth-order valence-electron chi connectivity index (χ4n) is 5.10. The van der Waals surface area contributed by atoms with Crippen molar-refractivity contribution in [3.8, 4) is 34.4 Å². The van der Waals surface area contributed by atoms with Crippen molar-refractivity contribution in [3.63, 3.8) is 0 Å². The average molecular weight is 513 g/mol. The molecule has 2 aromatic carbocycles. The van der Waals surface area contributed by atoms with Gasteiger partial charge in [-0.1, -0.05) is 24.3 Å². The maximum Gasteiger partial charge on any atom is 0.0991 e. The highest BCUT2D eigenvalue weighted by Gasteiger charge is 2.17. The van der Waals surface area contributed by atoms with Crippen LogP contribution >= 0.6 is 0 Å².